The van der Waals surface area contributed by atoms with Gasteiger partial charge in [0.25, 0.3) is 0 Å². The number of hydrogen-bond donors (Lipinski definition) is 2. The molecule has 6 heteroatoms. The van der Waals surface area contributed by atoms with Gasteiger partial charge in [-0.3, -0.25) is 4.79 Å². The van der Waals surface area contributed by atoms with Crippen molar-refractivity contribution >= 4 is 28.9 Å². The quantitative estimate of drug-likeness (QED) is 0.773. The Labute approximate surface area is 110 Å². The molecule has 0 radical (unpaired) electrons. The predicted molar refractivity (Wildman–Crippen MR) is 71.7 cm³/mol. The summed E-state index contributed by atoms with van der Waals surface area (Å²) in [6, 6.07) is 1.70. The molecule has 0 saturated carbocycles. The van der Waals surface area contributed by atoms with Crippen LogP contribution < -0.4 is 11.1 Å². The zero-order valence-electron chi connectivity index (χ0n) is 10.6. The molecule has 1 heterocycles. The fraction of sp³-hybridized carbons (Fsp3) is 0.500. The molecule has 0 aromatic carbocycles. The molecular weight excluding hydrogens is 252 g/mol. The number of rotatable bonds is 6. The van der Waals surface area contributed by atoms with E-state index in [1.54, 1.807) is 11.4 Å². The van der Waals surface area contributed by atoms with Gasteiger partial charge in [-0.1, -0.05) is 6.92 Å². The number of anilines is 1. The summed E-state index contributed by atoms with van der Waals surface area (Å²) in [6.45, 7) is 2.42. The van der Waals surface area contributed by atoms with Crippen molar-refractivity contribution in [2.45, 2.75) is 19.8 Å². The van der Waals surface area contributed by atoms with Gasteiger partial charge in [0.15, 0.2) is 0 Å². The molecule has 1 aromatic heterocycles. The normalized spacial score (nSPS) is 11.9. The number of amides is 1. The summed E-state index contributed by atoms with van der Waals surface area (Å²) in [5.41, 5.74) is 5.91. The number of esters is 1. The first-order valence-electron chi connectivity index (χ1n) is 5.76. The van der Waals surface area contributed by atoms with Crippen LogP contribution in [0.5, 0.6) is 0 Å². The number of hydrogen-bond acceptors (Lipinski definition) is 5. The number of thiophene rings is 1. The first-order chi connectivity index (χ1) is 8.60. The summed E-state index contributed by atoms with van der Waals surface area (Å²) >= 11 is 1.24. The molecule has 1 rings (SSSR count). The summed E-state index contributed by atoms with van der Waals surface area (Å²) in [4.78, 5) is 23.7. The van der Waals surface area contributed by atoms with Crippen LogP contribution in [-0.2, 0) is 9.53 Å². The van der Waals surface area contributed by atoms with Gasteiger partial charge >= 0.3 is 5.97 Å². The van der Waals surface area contributed by atoms with E-state index in [1.165, 1.54) is 18.4 Å². The third-order valence-electron chi connectivity index (χ3n) is 2.58. The fourth-order valence-electron chi connectivity index (χ4n) is 1.47. The number of methoxy groups -OCH3 is 1. The van der Waals surface area contributed by atoms with Crippen molar-refractivity contribution in [1.29, 1.82) is 0 Å². The largest absolute Gasteiger partial charge is 0.465 e. The fourth-order valence-corrected chi connectivity index (χ4v) is 2.24. The zero-order chi connectivity index (χ0) is 13.5. The molecule has 1 unspecified atom stereocenters. The number of carbonyl (C=O) groups excluding carboxylic acids is 2. The Morgan fingerprint density at radius 3 is 2.89 bits per heavy atom. The van der Waals surface area contributed by atoms with Crippen LogP contribution in [0.1, 0.15) is 29.4 Å². The molecule has 0 saturated heterocycles. The minimum Gasteiger partial charge on any atom is -0.465 e. The van der Waals surface area contributed by atoms with E-state index in [2.05, 4.69) is 10.1 Å². The average molecular weight is 270 g/mol. The van der Waals surface area contributed by atoms with Crippen molar-refractivity contribution < 1.29 is 14.3 Å². The molecule has 100 valence electrons. The van der Waals surface area contributed by atoms with Gasteiger partial charge in [-0.25, -0.2) is 4.79 Å². The van der Waals surface area contributed by atoms with Crippen LogP contribution in [0, 0.1) is 5.92 Å². The maximum absolute atomic E-state index is 11.9. The standard InChI is InChI=1S/C12H18N2O3S/c1-8(4-3-6-13)11(15)14-9-5-7-18-10(9)12(16)17-2/h5,7-8H,3-4,6,13H2,1-2H3,(H,14,15). The second-order valence-electron chi connectivity index (χ2n) is 3.98. The van der Waals surface area contributed by atoms with Crippen LogP contribution in [0.3, 0.4) is 0 Å². The highest BCUT2D eigenvalue weighted by atomic mass is 32.1. The molecule has 1 atom stereocenters. The van der Waals surface area contributed by atoms with Crippen molar-refractivity contribution in [3.05, 3.63) is 16.3 Å². The number of nitrogens with one attached hydrogen (secondary N) is 1. The van der Waals surface area contributed by atoms with Crippen LogP contribution in [0.25, 0.3) is 0 Å². The van der Waals surface area contributed by atoms with Crippen LogP contribution in [0.4, 0.5) is 5.69 Å². The predicted octanol–water partition coefficient (Wildman–Crippen LogP) is 1.85. The summed E-state index contributed by atoms with van der Waals surface area (Å²) in [6.07, 6.45) is 1.54. The smallest absolute Gasteiger partial charge is 0.350 e. The Hall–Kier alpha value is -1.40. The van der Waals surface area contributed by atoms with E-state index >= 15 is 0 Å². The maximum atomic E-state index is 11.9. The van der Waals surface area contributed by atoms with E-state index in [9.17, 15) is 9.59 Å². The van der Waals surface area contributed by atoms with E-state index in [0.717, 1.165) is 12.8 Å². The SMILES string of the molecule is COC(=O)c1sccc1NC(=O)C(C)CCCN. The highest BCUT2D eigenvalue weighted by molar-refractivity contribution is 7.12. The van der Waals surface area contributed by atoms with Crippen LogP contribution in [0.2, 0.25) is 0 Å². The third kappa shape index (κ3) is 3.82. The van der Waals surface area contributed by atoms with E-state index in [1.807, 2.05) is 6.92 Å². The lowest BCUT2D eigenvalue weighted by atomic mass is 10.0. The van der Waals surface area contributed by atoms with Gasteiger partial charge in [0.1, 0.15) is 4.88 Å². The summed E-state index contributed by atoms with van der Waals surface area (Å²) in [7, 11) is 1.32. The van der Waals surface area contributed by atoms with E-state index in [-0.39, 0.29) is 11.8 Å². The maximum Gasteiger partial charge on any atom is 0.350 e. The first kappa shape index (κ1) is 14.7. The summed E-state index contributed by atoms with van der Waals surface area (Å²) < 4.78 is 4.65. The lowest BCUT2D eigenvalue weighted by molar-refractivity contribution is -0.119. The minimum atomic E-state index is -0.435. The Kier molecular flexibility index (Phi) is 5.80. The van der Waals surface area contributed by atoms with E-state index in [0.29, 0.717) is 17.1 Å². The van der Waals surface area contributed by atoms with Crippen molar-refractivity contribution in [3.8, 4) is 0 Å². The summed E-state index contributed by atoms with van der Waals surface area (Å²) in [5, 5.41) is 4.49. The second-order valence-corrected chi connectivity index (χ2v) is 4.89. The molecule has 5 nitrogen and oxygen atoms in total. The lowest BCUT2D eigenvalue weighted by Crippen LogP contribution is -2.22. The summed E-state index contributed by atoms with van der Waals surface area (Å²) in [5.74, 6) is -0.666. The zero-order valence-corrected chi connectivity index (χ0v) is 11.4. The number of nitrogens with two attached hydrogens (primary N) is 1. The van der Waals surface area contributed by atoms with Gasteiger partial charge in [0.05, 0.1) is 12.8 Å². The number of carbonyl (C=O) groups is 2. The van der Waals surface area contributed by atoms with Crippen molar-refractivity contribution in [3.63, 3.8) is 0 Å². The molecule has 1 amide bonds. The molecule has 0 aliphatic rings. The Morgan fingerprint density at radius 1 is 1.56 bits per heavy atom. The molecule has 3 N–H and O–H groups in total. The Balaban J connectivity index is 2.64. The van der Waals surface area contributed by atoms with Crippen molar-refractivity contribution in [1.82, 2.24) is 0 Å². The van der Waals surface area contributed by atoms with E-state index in [4.69, 9.17) is 5.73 Å². The molecule has 0 bridgehead atoms. The highest BCUT2D eigenvalue weighted by Gasteiger charge is 2.18. The average Bonchev–Trinajstić information content (AvgIpc) is 2.82. The van der Waals surface area contributed by atoms with Gasteiger partial charge in [-0.15, -0.1) is 11.3 Å². The molecule has 0 aliphatic carbocycles. The number of ether oxygens (including phenoxy) is 1. The van der Waals surface area contributed by atoms with Crippen LogP contribution in [-0.4, -0.2) is 25.5 Å². The van der Waals surface area contributed by atoms with Gasteiger partial charge in [0.2, 0.25) is 5.91 Å². The first-order valence-corrected chi connectivity index (χ1v) is 6.64. The van der Waals surface area contributed by atoms with Gasteiger partial charge in [-0.05, 0) is 30.8 Å². The molecule has 0 spiro atoms. The molecule has 0 aliphatic heterocycles. The Morgan fingerprint density at radius 2 is 2.28 bits per heavy atom. The molecule has 0 fully saturated rings. The highest BCUT2D eigenvalue weighted by Crippen LogP contribution is 2.24. The molecular formula is C12H18N2O3S. The third-order valence-corrected chi connectivity index (χ3v) is 3.48. The van der Waals surface area contributed by atoms with E-state index < -0.39 is 5.97 Å². The molecule has 1 aromatic rings. The molecule has 18 heavy (non-hydrogen) atoms. The second kappa shape index (κ2) is 7.13. The van der Waals surface area contributed by atoms with Gasteiger partial charge < -0.3 is 15.8 Å². The Bertz CT molecular complexity index is 417. The van der Waals surface area contributed by atoms with Gasteiger partial charge in [0, 0.05) is 5.92 Å². The minimum absolute atomic E-state index is 0.105. The van der Waals surface area contributed by atoms with Crippen molar-refractivity contribution in [2.24, 2.45) is 11.7 Å². The van der Waals surface area contributed by atoms with Gasteiger partial charge in [-0.2, -0.15) is 0 Å². The topological polar surface area (TPSA) is 81.4 Å². The van der Waals surface area contributed by atoms with Crippen molar-refractivity contribution in [2.75, 3.05) is 19.0 Å². The monoisotopic (exact) mass is 270 g/mol. The van der Waals surface area contributed by atoms with Crippen LogP contribution >= 0.6 is 11.3 Å². The lowest BCUT2D eigenvalue weighted by Gasteiger charge is -2.11. The van der Waals surface area contributed by atoms with Crippen LogP contribution in [0.15, 0.2) is 11.4 Å².